The summed E-state index contributed by atoms with van der Waals surface area (Å²) >= 11 is 1.67. The fourth-order valence-corrected chi connectivity index (χ4v) is 1.80. The van der Waals surface area contributed by atoms with Crippen molar-refractivity contribution in [2.24, 2.45) is 7.05 Å². The number of rotatable bonds is 4. The van der Waals surface area contributed by atoms with Crippen LogP contribution < -0.4 is 5.32 Å². The SMILES string of the molecule is Cn1cc(CNCc2nccs2)cn1. The van der Waals surface area contributed by atoms with Crippen LogP contribution in [0.3, 0.4) is 0 Å². The number of nitrogens with zero attached hydrogens (tertiary/aromatic N) is 3. The van der Waals surface area contributed by atoms with E-state index in [0.29, 0.717) is 0 Å². The van der Waals surface area contributed by atoms with E-state index in [9.17, 15) is 0 Å². The molecule has 2 rings (SSSR count). The van der Waals surface area contributed by atoms with E-state index in [1.165, 1.54) is 5.56 Å². The van der Waals surface area contributed by atoms with Crippen molar-refractivity contribution in [1.29, 1.82) is 0 Å². The van der Waals surface area contributed by atoms with Gasteiger partial charge in [-0.05, 0) is 0 Å². The Bertz CT molecular complexity index is 379. The van der Waals surface area contributed by atoms with E-state index in [1.807, 2.05) is 31.0 Å². The van der Waals surface area contributed by atoms with Gasteiger partial charge in [0.1, 0.15) is 5.01 Å². The molecule has 0 atom stereocenters. The van der Waals surface area contributed by atoms with Crippen LogP contribution in [0.15, 0.2) is 24.0 Å². The Labute approximate surface area is 86.6 Å². The third kappa shape index (κ3) is 2.40. The predicted octanol–water partition coefficient (Wildman–Crippen LogP) is 1.17. The van der Waals surface area contributed by atoms with Crippen molar-refractivity contribution in [2.45, 2.75) is 13.1 Å². The Balaban J connectivity index is 1.78. The fraction of sp³-hybridized carbons (Fsp3) is 0.333. The number of thiazole rings is 1. The monoisotopic (exact) mass is 208 g/mol. The second-order valence-electron chi connectivity index (χ2n) is 3.05. The van der Waals surface area contributed by atoms with Crippen LogP contribution in [0.1, 0.15) is 10.6 Å². The molecule has 0 aromatic carbocycles. The molecule has 0 bridgehead atoms. The van der Waals surface area contributed by atoms with Gasteiger partial charge in [-0.25, -0.2) is 4.98 Å². The zero-order chi connectivity index (χ0) is 9.80. The van der Waals surface area contributed by atoms with Crippen LogP contribution in [0.4, 0.5) is 0 Å². The van der Waals surface area contributed by atoms with Crippen molar-refractivity contribution >= 4 is 11.3 Å². The number of aryl methyl sites for hydroxylation is 1. The first-order valence-corrected chi connectivity index (χ1v) is 5.29. The summed E-state index contributed by atoms with van der Waals surface area (Å²) in [4.78, 5) is 4.19. The lowest BCUT2D eigenvalue weighted by molar-refractivity contribution is 0.688. The first kappa shape index (κ1) is 9.36. The molecule has 5 heteroatoms. The summed E-state index contributed by atoms with van der Waals surface area (Å²) in [7, 11) is 1.92. The van der Waals surface area contributed by atoms with Crippen LogP contribution in [0, 0.1) is 0 Å². The summed E-state index contributed by atoms with van der Waals surface area (Å²) in [5.41, 5.74) is 1.20. The molecule has 0 radical (unpaired) electrons. The molecule has 0 saturated heterocycles. The molecule has 0 aliphatic heterocycles. The standard InChI is InChI=1S/C9H12N4S/c1-13-7-8(5-12-13)4-10-6-9-11-2-3-14-9/h2-3,5,7,10H,4,6H2,1H3. The molecule has 2 heterocycles. The van der Waals surface area contributed by atoms with Crippen LogP contribution in [-0.4, -0.2) is 14.8 Å². The Kier molecular flexibility index (Phi) is 2.90. The molecular formula is C9H12N4S. The van der Waals surface area contributed by atoms with Crippen molar-refractivity contribution in [2.75, 3.05) is 0 Å². The van der Waals surface area contributed by atoms with Gasteiger partial charge >= 0.3 is 0 Å². The largest absolute Gasteiger partial charge is 0.306 e. The van der Waals surface area contributed by atoms with E-state index in [-0.39, 0.29) is 0 Å². The summed E-state index contributed by atoms with van der Waals surface area (Å²) in [6.45, 7) is 1.67. The summed E-state index contributed by atoms with van der Waals surface area (Å²) < 4.78 is 1.81. The van der Waals surface area contributed by atoms with Gasteiger partial charge in [-0.3, -0.25) is 4.68 Å². The number of aromatic nitrogens is 3. The zero-order valence-electron chi connectivity index (χ0n) is 7.97. The van der Waals surface area contributed by atoms with Gasteiger partial charge in [0.25, 0.3) is 0 Å². The number of nitrogens with one attached hydrogen (secondary N) is 1. The Morgan fingerprint density at radius 3 is 3.07 bits per heavy atom. The van der Waals surface area contributed by atoms with Crippen molar-refractivity contribution in [3.8, 4) is 0 Å². The first-order valence-electron chi connectivity index (χ1n) is 4.41. The minimum Gasteiger partial charge on any atom is -0.306 e. The van der Waals surface area contributed by atoms with Crippen LogP contribution in [-0.2, 0) is 20.1 Å². The van der Waals surface area contributed by atoms with E-state index in [0.717, 1.165) is 18.1 Å². The topological polar surface area (TPSA) is 42.7 Å². The van der Waals surface area contributed by atoms with E-state index < -0.39 is 0 Å². The highest BCUT2D eigenvalue weighted by Crippen LogP contribution is 2.03. The van der Waals surface area contributed by atoms with E-state index in [4.69, 9.17) is 0 Å². The second kappa shape index (κ2) is 4.34. The summed E-state index contributed by atoms with van der Waals surface area (Å²) in [5.74, 6) is 0. The minimum absolute atomic E-state index is 0.826. The van der Waals surface area contributed by atoms with Gasteiger partial charge < -0.3 is 5.32 Å². The normalized spacial score (nSPS) is 10.6. The lowest BCUT2D eigenvalue weighted by Gasteiger charge is -1.98. The number of hydrogen-bond donors (Lipinski definition) is 1. The van der Waals surface area contributed by atoms with Crippen molar-refractivity contribution in [1.82, 2.24) is 20.1 Å². The van der Waals surface area contributed by atoms with Crippen LogP contribution in [0.5, 0.6) is 0 Å². The molecule has 0 aliphatic rings. The average molecular weight is 208 g/mol. The van der Waals surface area contributed by atoms with Gasteiger partial charge in [-0.1, -0.05) is 0 Å². The molecule has 0 amide bonds. The van der Waals surface area contributed by atoms with E-state index >= 15 is 0 Å². The molecule has 2 aromatic heterocycles. The molecular weight excluding hydrogens is 196 g/mol. The van der Waals surface area contributed by atoms with E-state index in [2.05, 4.69) is 15.4 Å². The average Bonchev–Trinajstić information content (AvgIpc) is 2.77. The number of hydrogen-bond acceptors (Lipinski definition) is 4. The predicted molar refractivity (Wildman–Crippen MR) is 55.9 cm³/mol. The smallest absolute Gasteiger partial charge is 0.106 e. The van der Waals surface area contributed by atoms with Crippen LogP contribution in [0.2, 0.25) is 0 Å². The summed E-state index contributed by atoms with van der Waals surface area (Å²) in [6, 6.07) is 0. The lowest BCUT2D eigenvalue weighted by Crippen LogP contribution is -2.11. The van der Waals surface area contributed by atoms with Gasteiger partial charge in [-0.15, -0.1) is 11.3 Å². The molecule has 2 aromatic rings. The summed E-state index contributed by atoms with van der Waals surface area (Å²) in [5, 5.41) is 10.5. The zero-order valence-corrected chi connectivity index (χ0v) is 8.79. The third-order valence-corrected chi connectivity index (χ3v) is 2.63. The quantitative estimate of drug-likeness (QED) is 0.820. The molecule has 74 valence electrons. The van der Waals surface area contributed by atoms with Gasteiger partial charge in [0.05, 0.1) is 6.20 Å². The Hall–Kier alpha value is -1.20. The van der Waals surface area contributed by atoms with Crippen LogP contribution in [0.25, 0.3) is 0 Å². The molecule has 1 N–H and O–H groups in total. The molecule has 14 heavy (non-hydrogen) atoms. The highest BCUT2D eigenvalue weighted by molar-refractivity contribution is 7.09. The molecule has 0 spiro atoms. The summed E-state index contributed by atoms with van der Waals surface area (Å²) in [6.07, 6.45) is 5.70. The Morgan fingerprint density at radius 2 is 2.43 bits per heavy atom. The maximum Gasteiger partial charge on any atom is 0.106 e. The molecule has 0 saturated carbocycles. The minimum atomic E-state index is 0.826. The first-order chi connectivity index (χ1) is 6.84. The Morgan fingerprint density at radius 1 is 1.50 bits per heavy atom. The molecule has 0 aliphatic carbocycles. The fourth-order valence-electron chi connectivity index (χ4n) is 1.22. The van der Waals surface area contributed by atoms with Crippen molar-refractivity contribution < 1.29 is 0 Å². The third-order valence-electron chi connectivity index (χ3n) is 1.85. The molecule has 0 fully saturated rings. The maximum absolute atomic E-state index is 4.19. The maximum atomic E-state index is 4.19. The van der Waals surface area contributed by atoms with Gasteiger partial charge in [0.2, 0.25) is 0 Å². The van der Waals surface area contributed by atoms with Crippen molar-refractivity contribution in [3.63, 3.8) is 0 Å². The highest BCUT2D eigenvalue weighted by atomic mass is 32.1. The molecule has 4 nitrogen and oxygen atoms in total. The van der Waals surface area contributed by atoms with E-state index in [1.54, 1.807) is 16.0 Å². The van der Waals surface area contributed by atoms with Crippen molar-refractivity contribution in [3.05, 3.63) is 34.5 Å². The van der Waals surface area contributed by atoms with Gasteiger partial charge in [0.15, 0.2) is 0 Å². The second-order valence-corrected chi connectivity index (χ2v) is 4.03. The lowest BCUT2D eigenvalue weighted by atomic mass is 10.3. The highest BCUT2D eigenvalue weighted by Gasteiger charge is 1.97. The van der Waals surface area contributed by atoms with Crippen LogP contribution >= 0.6 is 11.3 Å². The van der Waals surface area contributed by atoms with Gasteiger partial charge in [0, 0.05) is 43.5 Å². The molecule has 0 unspecified atom stereocenters. The van der Waals surface area contributed by atoms with Gasteiger partial charge in [-0.2, -0.15) is 5.10 Å².